The van der Waals surface area contributed by atoms with Crippen LogP contribution in [0.1, 0.15) is 44.6 Å². The maximum absolute atomic E-state index is 5.85. The molecule has 0 aliphatic carbocycles. The summed E-state index contributed by atoms with van der Waals surface area (Å²) in [6.45, 7) is 7.60. The summed E-state index contributed by atoms with van der Waals surface area (Å²) in [5.74, 6) is 0. The van der Waals surface area contributed by atoms with Gasteiger partial charge in [0.25, 0.3) is 0 Å². The van der Waals surface area contributed by atoms with Gasteiger partial charge in [0.2, 0.25) is 0 Å². The van der Waals surface area contributed by atoms with Crippen molar-refractivity contribution in [3.63, 3.8) is 0 Å². The van der Waals surface area contributed by atoms with E-state index < -0.39 is 0 Å². The topological polar surface area (TPSA) is 41.3 Å². The van der Waals surface area contributed by atoms with Crippen LogP contribution in [-0.2, 0) is 6.54 Å². The first kappa shape index (κ1) is 16.5. The van der Waals surface area contributed by atoms with Gasteiger partial charge in [-0.15, -0.1) is 0 Å². The summed E-state index contributed by atoms with van der Waals surface area (Å²) >= 11 is 0. The number of hydrogen-bond donors (Lipinski definition) is 2. The zero-order chi connectivity index (χ0) is 15.0. The lowest BCUT2D eigenvalue weighted by Gasteiger charge is -2.43. The predicted molar refractivity (Wildman–Crippen MR) is 90.3 cm³/mol. The first-order chi connectivity index (χ1) is 10.3. The van der Waals surface area contributed by atoms with Gasteiger partial charge in [-0.3, -0.25) is 4.90 Å². The summed E-state index contributed by atoms with van der Waals surface area (Å²) in [4.78, 5) is 2.58. The van der Waals surface area contributed by atoms with Crippen LogP contribution in [0.2, 0.25) is 0 Å². The lowest BCUT2D eigenvalue weighted by molar-refractivity contribution is 0.123. The number of benzene rings is 1. The molecule has 1 aliphatic rings. The molecule has 0 aromatic heterocycles. The van der Waals surface area contributed by atoms with Crippen molar-refractivity contribution in [3.05, 3.63) is 35.9 Å². The Morgan fingerprint density at radius 2 is 1.90 bits per heavy atom. The molecule has 1 fully saturated rings. The molecule has 3 N–H and O–H groups in total. The summed E-state index contributed by atoms with van der Waals surface area (Å²) in [6, 6.07) is 10.8. The molecule has 0 bridgehead atoms. The minimum Gasteiger partial charge on any atom is -0.330 e. The first-order valence-electron chi connectivity index (χ1n) is 8.49. The van der Waals surface area contributed by atoms with E-state index in [4.69, 9.17) is 5.73 Å². The van der Waals surface area contributed by atoms with Crippen LogP contribution in [0.15, 0.2) is 30.3 Å². The smallest absolute Gasteiger partial charge is 0.0233 e. The van der Waals surface area contributed by atoms with Crippen molar-refractivity contribution in [2.24, 2.45) is 5.73 Å². The molecule has 1 aromatic rings. The maximum Gasteiger partial charge on any atom is 0.0233 e. The van der Waals surface area contributed by atoms with Gasteiger partial charge in [0.05, 0.1) is 0 Å². The first-order valence-corrected chi connectivity index (χ1v) is 8.49. The summed E-state index contributed by atoms with van der Waals surface area (Å²) in [7, 11) is 0. The average Bonchev–Trinajstić information content (AvgIpc) is 2.51. The Hall–Kier alpha value is -0.900. The number of piperidine rings is 1. The highest BCUT2D eigenvalue weighted by molar-refractivity contribution is 5.14. The number of nitrogens with zero attached hydrogens (tertiary/aromatic N) is 1. The van der Waals surface area contributed by atoms with Gasteiger partial charge < -0.3 is 11.1 Å². The largest absolute Gasteiger partial charge is 0.330 e. The van der Waals surface area contributed by atoms with E-state index in [2.05, 4.69) is 47.5 Å². The van der Waals surface area contributed by atoms with Crippen LogP contribution < -0.4 is 11.1 Å². The van der Waals surface area contributed by atoms with E-state index >= 15 is 0 Å². The van der Waals surface area contributed by atoms with Crippen molar-refractivity contribution in [2.45, 2.75) is 51.1 Å². The van der Waals surface area contributed by atoms with Gasteiger partial charge in [0.15, 0.2) is 0 Å². The number of rotatable bonds is 8. The molecule has 2 rings (SSSR count). The van der Waals surface area contributed by atoms with Crippen molar-refractivity contribution in [2.75, 3.05) is 26.2 Å². The molecule has 0 saturated carbocycles. The lowest BCUT2D eigenvalue weighted by atomic mass is 9.84. The van der Waals surface area contributed by atoms with E-state index in [0.717, 1.165) is 26.1 Å². The van der Waals surface area contributed by atoms with E-state index in [0.29, 0.717) is 0 Å². The van der Waals surface area contributed by atoms with Crippen molar-refractivity contribution >= 4 is 0 Å². The molecule has 118 valence electrons. The monoisotopic (exact) mass is 289 g/mol. The number of nitrogens with two attached hydrogens (primary N) is 1. The highest BCUT2D eigenvalue weighted by Gasteiger charge is 2.32. The molecule has 0 amide bonds. The van der Waals surface area contributed by atoms with Gasteiger partial charge in [0.1, 0.15) is 0 Å². The van der Waals surface area contributed by atoms with E-state index in [-0.39, 0.29) is 5.54 Å². The van der Waals surface area contributed by atoms with Gasteiger partial charge >= 0.3 is 0 Å². The zero-order valence-electron chi connectivity index (χ0n) is 13.5. The number of unbranched alkanes of at least 4 members (excludes halogenated alkanes) is 1. The maximum atomic E-state index is 5.85. The molecule has 3 nitrogen and oxygen atoms in total. The normalized spacial score (nSPS) is 18.8. The SMILES string of the molecule is CCCCNC1(CCN)CCN(Cc2ccccc2)CC1. The molecule has 1 saturated heterocycles. The molecule has 0 unspecified atom stereocenters. The average molecular weight is 289 g/mol. The van der Waals surface area contributed by atoms with E-state index in [9.17, 15) is 0 Å². The zero-order valence-corrected chi connectivity index (χ0v) is 13.5. The molecule has 0 radical (unpaired) electrons. The van der Waals surface area contributed by atoms with Gasteiger partial charge in [-0.2, -0.15) is 0 Å². The fraction of sp³-hybridized carbons (Fsp3) is 0.667. The molecule has 1 aromatic carbocycles. The standard InChI is InChI=1S/C18H31N3/c1-2-3-13-20-18(9-12-19)10-14-21(15-11-18)16-17-7-5-4-6-8-17/h4-8,20H,2-3,9-16,19H2,1H3. The number of nitrogens with one attached hydrogen (secondary N) is 1. The third kappa shape index (κ3) is 5.10. The number of likely N-dealkylation sites (tertiary alicyclic amines) is 1. The predicted octanol–water partition coefficient (Wildman–Crippen LogP) is 2.76. The summed E-state index contributed by atoms with van der Waals surface area (Å²) < 4.78 is 0. The second-order valence-corrected chi connectivity index (χ2v) is 6.36. The van der Waals surface area contributed by atoms with Crippen molar-refractivity contribution < 1.29 is 0 Å². The summed E-state index contributed by atoms with van der Waals surface area (Å²) in [6.07, 6.45) is 6.07. The molecule has 21 heavy (non-hydrogen) atoms. The molecule has 1 aliphatic heterocycles. The Balaban J connectivity index is 1.84. The van der Waals surface area contributed by atoms with Crippen LogP contribution in [-0.4, -0.2) is 36.6 Å². The van der Waals surface area contributed by atoms with Crippen LogP contribution in [0.25, 0.3) is 0 Å². The van der Waals surface area contributed by atoms with Crippen LogP contribution in [0.5, 0.6) is 0 Å². The molecular formula is C18H31N3. The third-order valence-electron chi connectivity index (χ3n) is 4.72. The highest BCUT2D eigenvalue weighted by atomic mass is 15.2. The fourth-order valence-electron chi connectivity index (χ4n) is 3.30. The van der Waals surface area contributed by atoms with Crippen molar-refractivity contribution in [1.82, 2.24) is 10.2 Å². The van der Waals surface area contributed by atoms with Gasteiger partial charge in [-0.25, -0.2) is 0 Å². The second-order valence-electron chi connectivity index (χ2n) is 6.36. The second kappa shape index (κ2) is 8.52. The quantitative estimate of drug-likeness (QED) is 0.723. The molecular weight excluding hydrogens is 258 g/mol. The number of hydrogen-bond acceptors (Lipinski definition) is 3. The van der Waals surface area contributed by atoms with E-state index in [1.165, 1.54) is 44.3 Å². The Morgan fingerprint density at radius 1 is 1.19 bits per heavy atom. The minimum atomic E-state index is 0.289. The minimum absolute atomic E-state index is 0.289. The Kier molecular flexibility index (Phi) is 6.68. The van der Waals surface area contributed by atoms with Crippen LogP contribution in [0, 0.1) is 0 Å². The molecule has 0 atom stereocenters. The van der Waals surface area contributed by atoms with Crippen LogP contribution >= 0.6 is 0 Å². The van der Waals surface area contributed by atoms with Crippen molar-refractivity contribution in [1.29, 1.82) is 0 Å². The highest BCUT2D eigenvalue weighted by Crippen LogP contribution is 2.26. The Bertz CT molecular complexity index is 383. The fourth-order valence-corrected chi connectivity index (χ4v) is 3.30. The van der Waals surface area contributed by atoms with E-state index in [1.807, 2.05) is 0 Å². The van der Waals surface area contributed by atoms with Gasteiger partial charge in [0, 0.05) is 25.2 Å². The van der Waals surface area contributed by atoms with Crippen LogP contribution in [0.3, 0.4) is 0 Å². The summed E-state index contributed by atoms with van der Waals surface area (Å²) in [5, 5.41) is 3.81. The third-order valence-corrected chi connectivity index (χ3v) is 4.72. The molecule has 0 spiro atoms. The lowest BCUT2D eigenvalue weighted by Crippen LogP contribution is -2.54. The Labute approximate surface area is 129 Å². The summed E-state index contributed by atoms with van der Waals surface area (Å²) in [5.41, 5.74) is 7.56. The van der Waals surface area contributed by atoms with Gasteiger partial charge in [-0.1, -0.05) is 43.7 Å². The Morgan fingerprint density at radius 3 is 2.52 bits per heavy atom. The molecule has 1 heterocycles. The van der Waals surface area contributed by atoms with Gasteiger partial charge in [-0.05, 0) is 44.3 Å². The van der Waals surface area contributed by atoms with E-state index in [1.54, 1.807) is 0 Å². The molecule has 3 heteroatoms. The van der Waals surface area contributed by atoms with Crippen molar-refractivity contribution in [3.8, 4) is 0 Å². The van der Waals surface area contributed by atoms with Crippen LogP contribution in [0.4, 0.5) is 0 Å².